The van der Waals surface area contributed by atoms with Crippen molar-refractivity contribution in [2.75, 3.05) is 5.75 Å². The van der Waals surface area contributed by atoms with Crippen LogP contribution in [0, 0.1) is 5.82 Å². The van der Waals surface area contributed by atoms with Crippen molar-refractivity contribution in [1.29, 1.82) is 0 Å². The summed E-state index contributed by atoms with van der Waals surface area (Å²) in [7, 11) is -4.18. The van der Waals surface area contributed by atoms with E-state index in [1.807, 2.05) is 0 Å². The van der Waals surface area contributed by atoms with Crippen LogP contribution in [0.3, 0.4) is 0 Å². The molecule has 0 N–H and O–H groups in total. The summed E-state index contributed by atoms with van der Waals surface area (Å²) in [6.45, 7) is 1.27. The summed E-state index contributed by atoms with van der Waals surface area (Å²) < 4.78 is 119. The molecule has 0 aliphatic rings. The van der Waals surface area contributed by atoms with Crippen molar-refractivity contribution < 1.29 is 39.2 Å². The SMILES string of the molecule is CCS(=O)(=O)c1cc(-c2ccc(F)c(C(F)(F)F)c2)cnc1-n1cnc2ccc(C(F)(F)F)cc2c1=O. The van der Waals surface area contributed by atoms with Crippen LogP contribution >= 0.6 is 0 Å². The van der Waals surface area contributed by atoms with Gasteiger partial charge in [-0.1, -0.05) is 13.0 Å². The highest BCUT2D eigenvalue weighted by Gasteiger charge is 2.34. The standard InChI is InChI=1S/C23H14F7N3O3S/c1-2-37(35,36)19-8-13(12-3-5-17(24)16(7-12)23(28,29)30)10-31-20(19)33-11-32-18-6-4-14(22(25,26)27)9-15(18)21(33)34/h3-11H,2H2,1H3. The Bertz CT molecular complexity index is 1700. The lowest BCUT2D eigenvalue weighted by Crippen LogP contribution is -2.23. The topological polar surface area (TPSA) is 81.9 Å². The average molecular weight is 545 g/mol. The number of aromatic nitrogens is 3. The monoisotopic (exact) mass is 545 g/mol. The van der Waals surface area contributed by atoms with Crippen molar-refractivity contribution in [1.82, 2.24) is 14.5 Å². The van der Waals surface area contributed by atoms with E-state index in [-0.39, 0.29) is 16.6 Å². The summed E-state index contributed by atoms with van der Waals surface area (Å²) in [4.78, 5) is 20.3. The highest BCUT2D eigenvalue weighted by Crippen LogP contribution is 2.35. The van der Waals surface area contributed by atoms with Crippen LogP contribution in [-0.2, 0) is 22.2 Å². The van der Waals surface area contributed by atoms with Gasteiger partial charge in [0.1, 0.15) is 17.0 Å². The predicted molar refractivity (Wildman–Crippen MR) is 118 cm³/mol. The Morgan fingerprint density at radius 1 is 0.892 bits per heavy atom. The molecule has 14 heteroatoms. The van der Waals surface area contributed by atoms with Crippen LogP contribution in [0.25, 0.3) is 27.8 Å². The van der Waals surface area contributed by atoms with E-state index in [0.29, 0.717) is 22.8 Å². The van der Waals surface area contributed by atoms with E-state index < -0.39 is 66.5 Å². The van der Waals surface area contributed by atoms with E-state index in [9.17, 15) is 43.9 Å². The molecule has 0 unspecified atom stereocenters. The minimum Gasteiger partial charge on any atom is -0.268 e. The van der Waals surface area contributed by atoms with Crippen molar-refractivity contribution in [3.05, 3.63) is 82.3 Å². The molecular weight excluding hydrogens is 531 g/mol. The molecule has 0 aliphatic carbocycles. The molecule has 0 saturated carbocycles. The quantitative estimate of drug-likeness (QED) is 0.320. The van der Waals surface area contributed by atoms with Gasteiger partial charge in [-0.05, 0) is 42.0 Å². The second-order valence-electron chi connectivity index (χ2n) is 7.79. The number of fused-ring (bicyclic) bond motifs is 1. The molecule has 0 bridgehead atoms. The Hall–Kier alpha value is -3.81. The molecule has 194 valence electrons. The number of hydrogen-bond donors (Lipinski definition) is 0. The number of halogens is 7. The van der Waals surface area contributed by atoms with Gasteiger partial charge in [0.05, 0.1) is 27.8 Å². The third-order valence-corrected chi connectivity index (χ3v) is 7.20. The Morgan fingerprint density at radius 2 is 1.59 bits per heavy atom. The lowest BCUT2D eigenvalue weighted by Gasteiger charge is -2.14. The molecule has 0 fully saturated rings. The largest absolute Gasteiger partial charge is 0.419 e. The number of alkyl halides is 6. The molecule has 0 amide bonds. The van der Waals surface area contributed by atoms with Gasteiger partial charge in [-0.3, -0.25) is 4.79 Å². The van der Waals surface area contributed by atoms with Crippen molar-refractivity contribution in [3.8, 4) is 16.9 Å². The minimum atomic E-state index is -5.02. The van der Waals surface area contributed by atoms with Crippen LogP contribution in [0.1, 0.15) is 18.1 Å². The van der Waals surface area contributed by atoms with Gasteiger partial charge in [-0.15, -0.1) is 0 Å². The fourth-order valence-electron chi connectivity index (χ4n) is 3.53. The number of benzene rings is 2. The first-order valence-corrected chi connectivity index (χ1v) is 12.0. The maximum absolute atomic E-state index is 13.7. The van der Waals surface area contributed by atoms with E-state index in [0.717, 1.165) is 36.8 Å². The zero-order chi connectivity index (χ0) is 27.3. The van der Waals surface area contributed by atoms with Crippen LogP contribution in [0.5, 0.6) is 0 Å². The number of rotatable bonds is 4. The minimum absolute atomic E-state index is 0.0863. The lowest BCUT2D eigenvalue weighted by molar-refractivity contribution is -0.140. The maximum Gasteiger partial charge on any atom is 0.419 e. The van der Waals surface area contributed by atoms with E-state index in [1.165, 1.54) is 6.92 Å². The van der Waals surface area contributed by atoms with Crippen molar-refractivity contribution >= 4 is 20.7 Å². The molecule has 0 atom stereocenters. The zero-order valence-corrected chi connectivity index (χ0v) is 19.3. The van der Waals surface area contributed by atoms with Crippen molar-refractivity contribution in [3.63, 3.8) is 0 Å². The Labute approximate surface area is 204 Å². The second kappa shape index (κ2) is 8.94. The first-order valence-electron chi connectivity index (χ1n) is 10.3. The van der Waals surface area contributed by atoms with Crippen LogP contribution in [0.4, 0.5) is 30.7 Å². The Morgan fingerprint density at radius 3 is 2.22 bits per heavy atom. The highest BCUT2D eigenvalue weighted by atomic mass is 32.2. The second-order valence-corrected chi connectivity index (χ2v) is 10.0. The molecule has 37 heavy (non-hydrogen) atoms. The smallest absolute Gasteiger partial charge is 0.268 e. The van der Waals surface area contributed by atoms with E-state index in [4.69, 9.17) is 0 Å². The molecule has 4 rings (SSSR count). The third-order valence-electron chi connectivity index (χ3n) is 5.47. The first-order chi connectivity index (χ1) is 17.1. The fourth-order valence-corrected chi connectivity index (χ4v) is 4.58. The average Bonchev–Trinajstić information content (AvgIpc) is 2.83. The summed E-state index contributed by atoms with van der Waals surface area (Å²) in [6.07, 6.45) is -7.94. The molecular formula is C23H14F7N3O3S. The fraction of sp³-hybridized carbons (Fsp3) is 0.174. The van der Waals surface area contributed by atoms with Gasteiger partial charge in [-0.25, -0.2) is 27.3 Å². The molecule has 2 aromatic heterocycles. The number of sulfone groups is 1. The molecule has 0 spiro atoms. The summed E-state index contributed by atoms with van der Waals surface area (Å²) in [5.41, 5.74) is -4.19. The zero-order valence-electron chi connectivity index (χ0n) is 18.5. The third kappa shape index (κ3) is 4.92. The van der Waals surface area contributed by atoms with Gasteiger partial charge in [0.2, 0.25) is 0 Å². The van der Waals surface area contributed by atoms with Gasteiger partial charge in [0, 0.05) is 11.8 Å². The van der Waals surface area contributed by atoms with Gasteiger partial charge < -0.3 is 0 Å². The number of nitrogens with zero attached hydrogens (tertiary/aromatic N) is 3. The lowest BCUT2D eigenvalue weighted by atomic mass is 10.0. The highest BCUT2D eigenvalue weighted by molar-refractivity contribution is 7.91. The van der Waals surface area contributed by atoms with E-state index >= 15 is 0 Å². The van der Waals surface area contributed by atoms with Gasteiger partial charge in [0.25, 0.3) is 5.56 Å². The Kier molecular flexibility index (Phi) is 6.34. The summed E-state index contributed by atoms with van der Waals surface area (Å²) in [6, 6.07) is 5.28. The van der Waals surface area contributed by atoms with Crippen molar-refractivity contribution in [2.24, 2.45) is 0 Å². The number of hydrogen-bond acceptors (Lipinski definition) is 5. The predicted octanol–water partition coefficient (Wildman–Crippen LogP) is 5.42. The molecule has 4 aromatic rings. The van der Waals surface area contributed by atoms with Crippen molar-refractivity contribution in [2.45, 2.75) is 24.2 Å². The summed E-state index contributed by atoms with van der Waals surface area (Å²) in [5, 5.41) is -0.462. The maximum atomic E-state index is 13.7. The van der Waals surface area contributed by atoms with E-state index in [1.54, 1.807) is 0 Å². The summed E-state index contributed by atoms with van der Waals surface area (Å²) in [5.74, 6) is -2.55. The van der Waals surface area contributed by atoms with Gasteiger partial charge in [-0.2, -0.15) is 26.3 Å². The molecule has 2 heterocycles. The molecule has 6 nitrogen and oxygen atoms in total. The first kappa shape index (κ1) is 26.3. The molecule has 0 radical (unpaired) electrons. The van der Waals surface area contributed by atoms with Gasteiger partial charge >= 0.3 is 12.4 Å². The van der Waals surface area contributed by atoms with Crippen LogP contribution in [0.2, 0.25) is 0 Å². The van der Waals surface area contributed by atoms with Crippen LogP contribution in [-0.4, -0.2) is 28.7 Å². The Balaban J connectivity index is 1.96. The van der Waals surface area contributed by atoms with E-state index in [2.05, 4.69) is 9.97 Å². The van der Waals surface area contributed by atoms with Crippen LogP contribution < -0.4 is 5.56 Å². The summed E-state index contributed by atoms with van der Waals surface area (Å²) >= 11 is 0. The molecule has 2 aromatic carbocycles. The molecule has 0 saturated heterocycles. The normalized spacial score (nSPS) is 12.8. The van der Waals surface area contributed by atoms with Gasteiger partial charge in [0.15, 0.2) is 15.7 Å². The molecule has 0 aliphatic heterocycles. The number of pyridine rings is 1. The van der Waals surface area contributed by atoms with Crippen LogP contribution in [0.15, 0.2) is 64.7 Å².